The Hall–Kier alpha value is -1.70. The van der Waals surface area contributed by atoms with Crippen molar-refractivity contribution in [2.45, 2.75) is 20.4 Å². The highest BCUT2D eigenvalue weighted by molar-refractivity contribution is 14.1. The van der Waals surface area contributed by atoms with E-state index in [0.717, 1.165) is 5.75 Å². The van der Waals surface area contributed by atoms with E-state index in [-0.39, 0.29) is 17.9 Å². The first-order valence-electron chi connectivity index (χ1n) is 6.51. The van der Waals surface area contributed by atoms with E-state index < -0.39 is 0 Å². The minimum atomic E-state index is -0.192. The van der Waals surface area contributed by atoms with Crippen molar-refractivity contribution < 1.29 is 9.53 Å². The molecule has 2 aromatic rings. The normalized spacial score (nSPS) is 10.4. The molecule has 1 aromatic heterocycles. The summed E-state index contributed by atoms with van der Waals surface area (Å²) in [5.74, 6) is 1.12. The van der Waals surface area contributed by atoms with Crippen LogP contribution in [0.15, 0.2) is 35.3 Å². The molecule has 0 fully saturated rings. The fourth-order valence-electron chi connectivity index (χ4n) is 1.88. The number of ketones is 1. The Balaban J connectivity index is 2.22. The van der Waals surface area contributed by atoms with E-state index in [0.29, 0.717) is 21.6 Å². The molecular formula is C15H15IN2O3. The average molecular weight is 398 g/mol. The first-order valence-corrected chi connectivity index (χ1v) is 7.58. The maximum Gasteiger partial charge on any atom is 0.267 e. The third-order valence-electron chi connectivity index (χ3n) is 2.99. The van der Waals surface area contributed by atoms with Crippen LogP contribution in [0.2, 0.25) is 0 Å². The molecular weight excluding hydrogens is 383 g/mol. The van der Waals surface area contributed by atoms with Gasteiger partial charge in [0.15, 0.2) is 5.78 Å². The second-order valence-electron chi connectivity index (χ2n) is 4.43. The number of rotatable bonds is 5. The van der Waals surface area contributed by atoms with Crippen LogP contribution in [0.4, 0.5) is 0 Å². The van der Waals surface area contributed by atoms with Gasteiger partial charge in [-0.3, -0.25) is 14.2 Å². The predicted octanol–water partition coefficient (Wildman–Crippen LogP) is 2.44. The first-order chi connectivity index (χ1) is 10.0. The lowest BCUT2D eigenvalue weighted by Crippen LogP contribution is -2.28. The molecule has 0 spiro atoms. The number of carbonyl (C=O) groups is 1. The Morgan fingerprint density at radius 2 is 2.00 bits per heavy atom. The van der Waals surface area contributed by atoms with Gasteiger partial charge in [-0.25, -0.2) is 4.98 Å². The van der Waals surface area contributed by atoms with Crippen molar-refractivity contribution in [2.24, 2.45) is 0 Å². The Labute approximate surface area is 136 Å². The van der Waals surface area contributed by atoms with E-state index in [1.807, 2.05) is 29.5 Å². The van der Waals surface area contributed by atoms with Crippen LogP contribution in [0.1, 0.15) is 23.1 Å². The minimum absolute atomic E-state index is 0.0114. The lowest BCUT2D eigenvalue weighted by atomic mass is 10.1. The van der Waals surface area contributed by atoms with Gasteiger partial charge < -0.3 is 4.74 Å². The highest BCUT2D eigenvalue weighted by Gasteiger charge is 2.12. The van der Waals surface area contributed by atoms with Crippen molar-refractivity contribution in [3.05, 3.63) is 55.8 Å². The van der Waals surface area contributed by atoms with Gasteiger partial charge in [-0.1, -0.05) is 0 Å². The number of Topliss-reactive ketones (excluding diaryl/α,β-unsaturated/α-hetero) is 1. The Kier molecular flexibility index (Phi) is 5.11. The molecule has 2 rings (SSSR count). The fraction of sp³-hybridized carbons (Fsp3) is 0.267. The van der Waals surface area contributed by atoms with Crippen LogP contribution in [-0.4, -0.2) is 21.9 Å². The standard InChI is InChI=1S/C15H15IN2O3/c1-3-21-12-6-4-11(5-7-12)14(19)9-18-10(2)17-8-13(16)15(18)20/h4-8H,3,9H2,1-2H3. The number of hydrogen-bond acceptors (Lipinski definition) is 4. The zero-order valence-corrected chi connectivity index (χ0v) is 14.0. The first kappa shape index (κ1) is 15.7. The summed E-state index contributed by atoms with van der Waals surface area (Å²) in [5.41, 5.74) is 0.353. The van der Waals surface area contributed by atoms with Crippen molar-refractivity contribution >= 4 is 28.4 Å². The van der Waals surface area contributed by atoms with Crippen LogP contribution in [0, 0.1) is 10.5 Å². The molecule has 1 aromatic carbocycles. The summed E-state index contributed by atoms with van der Waals surface area (Å²) in [6, 6.07) is 6.91. The summed E-state index contributed by atoms with van der Waals surface area (Å²) in [7, 11) is 0. The second-order valence-corrected chi connectivity index (χ2v) is 5.59. The SMILES string of the molecule is CCOc1ccc(C(=O)Cn2c(C)ncc(I)c2=O)cc1. The number of hydrogen-bond donors (Lipinski definition) is 0. The van der Waals surface area contributed by atoms with Gasteiger partial charge in [0, 0.05) is 11.8 Å². The molecule has 0 aliphatic heterocycles. The van der Waals surface area contributed by atoms with Crippen molar-refractivity contribution in [3.8, 4) is 5.75 Å². The van der Waals surface area contributed by atoms with Crippen LogP contribution in [-0.2, 0) is 6.54 Å². The maximum absolute atomic E-state index is 12.3. The fourth-order valence-corrected chi connectivity index (χ4v) is 2.31. The van der Waals surface area contributed by atoms with E-state index in [4.69, 9.17) is 4.74 Å². The molecule has 21 heavy (non-hydrogen) atoms. The molecule has 0 amide bonds. The molecule has 1 heterocycles. The quantitative estimate of drug-likeness (QED) is 0.574. The number of aryl methyl sites for hydroxylation is 1. The van der Waals surface area contributed by atoms with Gasteiger partial charge in [0.1, 0.15) is 11.6 Å². The maximum atomic E-state index is 12.3. The zero-order valence-electron chi connectivity index (χ0n) is 11.8. The van der Waals surface area contributed by atoms with Crippen molar-refractivity contribution in [1.82, 2.24) is 9.55 Å². The Morgan fingerprint density at radius 1 is 1.33 bits per heavy atom. The number of carbonyl (C=O) groups excluding carboxylic acids is 1. The summed E-state index contributed by atoms with van der Waals surface area (Å²) in [4.78, 5) is 28.4. The number of halogens is 1. The molecule has 0 unspecified atom stereocenters. The summed E-state index contributed by atoms with van der Waals surface area (Å²) in [5, 5.41) is 0. The summed E-state index contributed by atoms with van der Waals surface area (Å²) in [6.07, 6.45) is 1.51. The molecule has 5 nitrogen and oxygen atoms in total. The van der Waals surface area contributed by atoms with Crippen molar-refractivity contribution in [3.63, 3.8) is 0 Å². The molecule has 110 valence electrons. The van der Waals surface area contributed by atoms with Crippen LogP contribution in [0.5, 0.6) is 5.75 Å². The van der Waals surface area contributed by atoms with Crippen LogP contribution in [0.25, 0.3) is 0 Å². The third-order valence-corrected chi connectivity index (χ3v) is 3.73. The molecule has 6 heteroatoms. The van der Waals surface area contributed by atoms with Crippen molar-refractivity contribution in [2.75, 3.05) is 6.61 Å². The van der Waals surface area contributed by atoms with Gasteiger partial charge in [0.05, 0.1) is 16.7 Å². The smallest absolute Gasteiger partial charge is 0.267 e. The summed E-state index contributed by atoms with van der Waals surface area (Å²) < 4.78 is 7.22. The summed E-state index contributed by atoms with van der Waals surface area (Å²) in [6.45, 7) is 4.18. The molecule has 0 N–H and O–H groups in total. The van der Waals surface area contributed by atoms with Crippen molar-refractivity contribution in [1.29, 1.82) is 0 Å². The molecule has 0 aliphatic rings. The van der Waals surface area contributed by atoms with E-state index in [2.05, 4.69) is 4.98 Å². The molecule has 0 saturated heterocycles. The Morgan fingerprint density at radius 3 is 2.62 bits per heavy atom. The highest BCUT2D eigenvalue weighted by atomic mass is 127. The van der Waals surface area contributed by atoms with E-state index in [1.54, 1.807) is 31.2 Å². The van der Waals surface area contributed by atoms with E-state index >= 15 is 0 Å². The summed E-state index contributed by atoms with van der Waals surface area (Å²) >= 11 is 1.92. The van der Waals surface area contributed by atoms with Gasteiger partial charge in [-0.15, -0.1) is 0 Å². The predicted molar refractivity (Wildman–Crippen MR) is 87.9 cm³/mol. The lowest BCUT2D eigenvalue weighted by Gasteiger charge is -2.09. The van der Waals surface area contributed by atoms with Gasteiger partial charge in [0.2, 0.25) is 0 Å². The number of aromatic nitrogens is 2. The van der Waals surface area contributed by atoms with E-state index in [9.17, 15) is 9.59 Å². The zero-order chi connectivity index (χ0) is 15.4. The van der Waals surface area contributed by atoms with Gasteiger partial charge >= 0.3 is 0 Å². The van der Waals surface area contributed by atoms with Gasteiger partial charge in [-0.2, -0.15) is 0 Å². The minimum Gasteiger partial charge on any atom is -0.494 e. The molecule has 0 saturated carbocycles. The van der Waals surface area contributed by atoms with Crippen LogP contribution >= 0.6 is 22.6 Å². The topological polar surface area (TPSA) is 61.2 Å². The monoisotopic (exact) mass is 398 g/mol. The average Bonchev–Trinajstić information content (AvgIpc) is 2.48. The molecule has 0 bridgehead atoms. The van der Waals surface area contributed by atoms with Gasteiger partial charge in [-0.05, 0) is 60.7 Å². The molecule has 0 atom stereocenters. The number of benzene rings is 1. The van der Waals surface area contributed by atoms with Crippen LogP contribution < -0.4 is 10.3 Å². The number of ether oxygens (including phenoxy) is 1. The third kappa shape index (κ3) is 3.69. The van der Waals surface area contributed by atoms with Crippen LogP contribution in [0.3, 0.4) is 0 Å². The second kappa shape index (κ2) is 6.84. The molecule has 0 aliphatic carbocycles. The lowest BCUT2D eigenvalue weighted by molar-refractivity contribution is 0.0969. The van der Waals surface area contributed by atoms with E-state index in [1.165, 1.54) is 10.8 Å². The highest BCUT2D eigenvalue weighted by Crippen LogP contribution is 2.13. The Bertz CT molecular complexity index is 708. The largest absolute Gasteiger partial charge is 0.494 e. The van der Waals surface area contributed by atoms with Gasteiger partial charge in [0.25, 0.3) is 5.56 Å². The number of nitrogens with zero attached hydrogens (tertiary/aromatic N) is 2. The molecule has 0 radical (unpaired) electrons.